The molecular formula is C4H9NO2S3. The molecule has 0 saturated carbocycles. The van der Waals surface area contributed by atoms with Gasteiger partial charge in [0.05, 0.1) is 11.5 Å². The van der Waals surface area contributed by atoms with Crippen LogP contribution >= 0.6 is 22.6 Å². The van der Waals surface area contributed by atoms with Crippen molar-refractivity contribution in [3.8, 4) is 0 Å². The van der Waals surface area contributed by atoms with Gasteiger partial charge in [0, 0.05) is 13.1 Å². The third kappa shape index (κ3) is 2.34. The van der Waals surface area contributed by atoms with Crippen LogP contribution in [0.15, 0.2) is 0 Å². The van der Waals surface area contributed by atoms with Gasteiger partial charge in [-0.2, -0.15) is 0 Å². The van der Waals surface area contributed by atoms with Crippen molar-refractivity contribution >= 4 is 32.5 Å². The molecule has 3 nitrogen and oxygen atoms in total. The highest BCUT2D eigenvalue weighted by Crippen LogP contribution is 2.16. The predicted molar refractivity (Wildman–Crippen MR) is 46.8 cm³/mol. The van der Waals surface area contributed by atoms with E-state index in [0.29, 0.717) is 13.1 Å². The lowest BCUT2D eigenvalue weighted by Gasteiger charge is -2.22. The number of rotatable bonds is 1. The zero-order valence-electron chi connectivity index (χ0n) is 5.36. The molecule has 60 valence electrons. The van der Waals surface area contributed by atoms with E-state index in [1.807, 2.05) is 4.31 Å². The fourth-order valence-electron chi connectivity index (χ4n) is 0.777. The molecule has 1 aliphatic rings. The van der Waals surface area contributed by atoms with Crippen molar-refractivity contribution in [2.75, 3.05) is 24.6 Å². The average Bonchev–Trinajstić information content (AvgIpc) is 1.88. The van der Waals surface area contributed by atoms with E-state index in [-0.39, 0.29) is 11.5 Å². The van der Waals surface area contributed by atoms with Gasteiger partial charge in [-0.05, 0) is 11.0 Å². The number of thiol groups is 1. The molecule has 1 saturated heterocycles. The monoisotopic (exact) mass is 199 g/mol. The summed E-state index contributed by atoms with van der Waals surface area (Å²) in [5.41, 5.74) is 0. The Kier molecular flexibility index (Phi) is 2.91. The van der Waals surface area contributed by atoms with Crippen LogP contribution in [0.1, 0.15) is 0 Å². The molecule has 0 aliphatic carbocycles. The van der Waals surface area contributed by atoms with Crippen molar-refractivity contribution in [2.45, 2.75) is 0 Å². The highest BCUT2D eigenvalue weighted by atomic mass is 33.1. The summed E-state index contributed by atoms with van der Waals surface area (Å²) in [6.07, 6.45) is 0. The first kappa shape index (κ1) is 8.70. The van der Waals surface area contributed by atoms with Crippen LogP contribution in [0.3, 0.4) is 0 Å². The van der Waals surface area contributed by atoms with Crippen molar-refractivity contribution in [1.29, 1.82) is 0 Å². The van der Waals surface area contributed by atoms with Gasteiger partial charge in [0.15, 0.2) is 9.84 Å². The molecule has 0 aromatic rings. The first-order valence-corrected chi connectivity index (χ1v) is 6.56. The smallest absolute Gasteiger partial charge is 0.152 e. The zero-order chi connectivity index (χ0) is 7.61. The Hall–Kier alpha value is 0.610. The van der Waals surface area contributed by atoms with Gasteiger partial charge in [-0.3, -0.25) is 0 Å². The van der Waals surface area contributed by atoms with E-state index in [1.54, 1.807) is 0 Å². The van der Waals surface area contributed by atoms with Crippen LogP contribution in [-0.2, 0) is 9.84 Å². The fourth-order valence-corrected chi connectivity index (χ4v) is 3.05. The van der Waals surface area contributed by atoms with Crippen molar-refractivity contribution in [2.24, 2.45) is 0 Å². The van der Waals surface area contributed by atoms with Crippen LogP contribution in [0.5, 0.6) is 0 Å². The molecule has 0 unspecified atom stereocenters. The van der Waals surface area contributed by atoms with E-state index < -0.39 is 9.84 Å². The van der Waals surface area contributed by atoms with Gasteiger partial charge in [0.2, 0.25) is 0 Å². The van der Waals surface area contributed by atoms with E-state index in [9.17, 15) is 8.42 Å². The minimum absolute atomic E-state index is 0.278. The van der Waals surface area contributed by atoms with E-state index in [2.05, 4.69) is 11.7 Å². The number of hydrogen-bond acceptors (Lipinski definition) is 5. The molecule has 0 aromatic carbocycles. The summed E-state index contributed by atoms with van der Waals surface area (Å²) in [4.78, 5) is 0. The second-order valence-electron chi connectivity index (χ2n) is 2.16. The molecule has 0 aromatic heterocycles. The maximum Gasteiger partial charge on any atom is 0.152 e. The summed E-state index contributed by atoms with van der Waals surface area (Å²) in [6.45, 7) is 1.22. The molecular weight excluding hydrogens is 190 g/mol. The Balaban J connectivity index is 2.46. The largest absolute Gasteiger partial charge is 0.239 e. The van der Waals surface area contributed by atoms with Crippen LogP contribution in [0, 0.1) is 0 Å². The Morgan fingerprint density at radius 2 is 1.80 bits per heavy atom. The molecule has 0 spiro atoms. The van der Waals surface area contributed by atoms with Crippen molar-refractivity contribution in [1.82, 2.24) is 4.31 Å². The third-order valence-electron chi connectivity index (χ3n) is 1.42. The minimum atomic E-state index is -2.71. The maximum absolute atomic E-state index is 10.9. The lowest BCUT2D eigenvalue weighted by atomic mass is 10.6. The van der Waals surface area contributed by atoms with Gasteiger partial charge >= 0.3 is 0 Å². The molecule has 0 bridgehead atoms. The average molecular weight is 199 g/mol. The van der Waals surface area contributed by atoms with Gasteiger partial charge in [0.25, 0.3) is 0 Å². The van der Waals surface area contributed by atoms with E-state index in [1.165, 1.54) is 11.0 Å². The molecule has 1 rings (SSSR count). The predicted octanol–water partition coefficient (Wildman–Crippen LogP) is 0.210. The van der Waals surface area contributed by atoms with Crippen molar-refractivity contribution < 1.29 is 8.42 Å². The number of sulfone groups is 1. The molecule has 1 aliphatic heterocycles. The molecule has 0 amide bonds. The lowest BCUT2D eigenvalue weighted by molar-refractivity contribution is 0.493. The summed E-state index contributed by atoms with van der Waals surface area (Å²) in [7, 11) is -1.40. The normalized spacial score (nSPS) is 26.5. The van der Waals surface area contributed by atoms with Gasteiger partial charge < -0.3 is 0 Å². The maximum atomic E-state index is 10.9. The summed E-state index contributed by atoms with van der Waals surface area (Å²) in [6, 6.07) is 0. The number of nitrogens with zero attached hydrogens (tertiary/aromatic N) is 1. The van der Waals surface area contributed by atoms with Crippen LogP contribution in [-0.4, -0.2) is 37.3 Å². The molecule has 0 atom stereocenters. The van der Waals surface area contributed by atoms with E-state index >= 15 is 0 Å². The van der Waals surface area contributed by atoms with Crippen LogP contribution < -0.4 is 0 Å². The Morgan fingerprint density at radius 1 is 1.30 bits per heavy atom. The highest BCUT2D eigenvalue weighted by Gasteiger charge is 2.20. The van der Waals surface area contributed by atoms with Gasteiger partial charge in [-0.1, -0.05) is 11.7 Å². The second kappa shape index (κ2) is 3.34. The fraction of sp³-hybridized carbons (Fsp3) is 1.00. The topological polar surface area (TPSA) is 37.4 Å². The molecule has 0 radical (unpaired) electrons. The summed E-state index contributed by atoms with van der Waals surface area (Å²) < 4.78 is 23.6. The second-order valence-corrected chi connectivity index (χ2v) is 5.64. The lowest BCUT2D eigenvalue weighted by Crippen LogP contribution is -2.35. The van der Waals surface area contributed by atoms with Gasteiger partial charge in [-0.15, -0.1) is 0 Å². The van der Waals surface area contributed by atoms with Crippen molar-refractivity contribution in [3.63, 3.8) is 0 Å². The van der Waals surface area contributed by atoms with Crippen LogP contribution in [0.2, 0.25) is 0 Å². The summed E-state index contributed by atoms with van der Waals surface area (Å²) in [5.74, 6) is 0.557. The van der Waals surface area contributed by atoms with E-state index in [0.717, 1.165) is 0 Å². The number of hydrogen-bond donors (Lipinski definition) is 1. The molecule has 0 N–H and O–H groups in total. The summed E-state index contributed by atoms with van der Waals surface area (Å²) in [5, 5.41) is 0. The first-order valence-electron chi connectivity index (χ1n) is 2.91. The molecule has 10 heavy (non-hydrogen) atoms. The standard InChI is InChI=1S/C4H9NO2S3/c6-10(7)3-1-5(9-8)2-4-10/h8H,1-4H2. The molecule has 1 fully saturated rings. The SMILES string of the molecule is O=S1(=O)CCN(SS)CC1. The first-order chi connectivity index (χ1) is 4.64. The molecule has 1 heterocycles. The van der Waals surface area contributed by atoms with E-state index in [4.69, 9.17) is 0 Å². The Labute approximate surface area is 70.0 Å². The molecule has 6 heteroatoms. The Morgan fingerprint density at radius 3 is 2.20 bits per heavy atom. The van der Waals surface area contributed by atoms with Crippen molar-refractivity contribution in [3.05, 3.63) is 0 Å². The quantitative estimate of drug-likeness (QED) is 0.372. The minimum Gasteiger partial charge on any atom is -0.239 e. The Bertz CT molecular complexity index is 187. The highest BCUT2D eigenvalue weighted by molar-refractivity contribution is 8.67. The summed E-state index contributed by atoms with van der Waals surface area (Å²) >= 11 is 3.97. The zero-order valence-corrected chi connectivity index (χ0v) is 7.88. The van der Waals surface area contributed by atoms with Gasteiger partial charge in [0.1, 0.15) is 0 Å². The van der Waals surface area contributed by atoms with Crippen LogP contribution in [0.25, 0.3) is 0 Å². The van der Waals surface area contributed by atoms with Crippen LogP contribution in [0.4, 0.5) is 0 Å². The van der Waals surface area contributed by atoms with Gasteiger partial charge in [-0.25, -0.2) is 12.7 Å². The third-order valence-corrected chi connectivity index (χ3v) is 4.32.